The summed E-state index contributed by atoms with van der Waals surface area (Å²) in [6, 6.07) is 10.6. The van der Waals surface area contributed by atoms with Gasteiger partial charge in [-0.1, -0.05) is 15.9 Å². The summed E-state index contributed by atoms with van der Waals surface area (Å²) in [6.07, 6.45) is 0.468. The maximum Gasteiger partial charge on any atom is 0.0670 e. The minimum Gasteiger partial charge on any atom is -0.318 e. The first kappa shape index (κ1) is 12.9. The molecule has 0 N–H and O–H groups in total. The molecule has 0 radical (unpaired) electrons. The molecule has 0 saturated heterocycles. The van der Waals surface area contributed by atoms with E-state index < -0.39 is 0 Å². The Morgan fingerprint density at radius 2 is 1.94 bits per heavy atom. The number of halogens is 1. The van der Waals surface area contributed by atoms with Gasteiger partial charge in [-0.05, 0) is 56.2 Å². The molecular weight excluding hydrogens is 288 g/mol. The molecule has 0 spiro atoms. The van der Waals surface area contributed by atoms with Gasteiger partial charge in [0.25, 0.3) is 0 Å². The summed E-state index contributed by atoms with van der Waals surface area (Å²) in [5.41, 5.74) is 5.83. The van der Waals surface area contributed by atoms with Crippen LogP contribution in [0.3, 0.4) is 0 Å². The molecule has 0 aliphatic carbocycles. The van der Waals surface area contributed by atoms with E-state index >= 15 is 0 Å². The van der Waals surface area contributed by atoms with E-state index in [2.05, 4.69) is 65.5 Å². The van der Waals surface area contributed by atoms with E-state index in [0.717, 1.165) is 15.7 Å². The van der Waals surface area contributed by atoms with Crippen molar-refractivity contribution in [3.63, 3.8) is 0 Å². The van der Waals surface area contributed by atoms with Crippen molar-refractivity contribution in [2.24, 2.45) is 0 Å². The molecule has 1 heterocycles. The zero-order chi connectivity index (χ0) is 13.3. The second-order valence-electron chi connectivity index (χ2n) is 4.50. The van der Waals surface area contributed by atoms with Crippen LogP contribution in [0.5, 0.6) is 0 Å². The number of nitrogens with zero attached hydrogens (tertiary/aromatic N) is 2. The Bertz CT molecular complexity index is 633. The molecule has 0 saturated carbocycles. The molecule has 2 rings (SSSR count). The van der Waals surface area contributed by atoms with Crippen LogP contribution >= 0.6 is 15.9 Å². The highest BCUT2D eigenvalue weighted by Crippen LogP contribution is 2.25. The molecule has 92 valence electrons. The summed E-state index contributed by atoms with van der Waals surface area (Å²) in [5, 5.41) is 8.84. The highest BCUT2D eigenvalue weighted by Gasteiger charge is 2.11. The van der Waals surface area contributed by atoms with Gasteiger partial charge in [-0.3, -0.25) is 0 Å². The fourth-order valence-corrected chi connectivity index (χ4v) is 2.81. The minimum absolute atomic E-state index is 0.468. The summed E-state index contributed by atoms with van der Waals surface area (Å²) in [5.74, 6) is 0. The standard InChI is InChI=1S/C15H15BrN2/c1-10-8-14(16)4-5-15(10)18-11(2)9-13(6-7-17)12(18)3/h4-5,8-9H,6H2,1-3H3. The van der Waals surface area contributed by atoms with Gasteiger partial charge in [-0.2, -0.15) is 5.26 Å². The molecule has 2 aromatic rings. The summed E-state index contributed by atoms with van der Waals surface area (Å²) >= 11 is 3.48. The molecule has 0 fully saturated rings. The Morgan fingerprint density at radius 1 is 1.22 bits per heavy atom. The van der Waals surface area contributed by atoms with Crippen LogP contribution in [0.25, 0.3) is 5.69 Å². The molecule has 0 amide bonds. The van der Waals surface area contributed by atoms with Crippen molar-refractivity contribution in [3.05, 3.63) is 51.3 Å². The Kier molecular flexibility index (Phi) is 3.58. The number of benzene rings is 1. The van der Waals surface area contributed by atoms with Crippen molar-refractivity contribution in [3.8, 4) is 11.8 Å². The van der Waals surface area contributed by atoms with Gasteiger partial charge in [-0.25, -0.2) is 0 Å². The molecule has 0 atom stereocenters. The molecule has 2 nitrogen and oxygen atoms in total. The summed E-state index contributed by atoms with van der Waals surface area (Å²) in [4.78, 5) is 0. The van der Waals surface area contributed by atoms with Gasteiger partial charge in [0.2, 0.25) is 0 Å². The zero-order valence-electron chi connectivity index (χ0n) is 10.8. The third-order valence-corrected chi connectivity index (χ3v) is 3.70. The Morgan fingerprint density at radius 3 is 2.56 bits per heavy atom. The average molecular weight is 303 g/mol. The quantitative estimate of drug-likeness (QED) is 0.816. The van der Waals surface area contributed by atoms with Crippen molar-refractivity contribution >= 4 is 15.9 Å². The van der Waals surface area contributed by atoms with Crippen LogP contribution in [0.4, 0.5) is 0 Å². The maximum absolute atomic E-state index is 8.84. The molecule has 1 aromatic heterocycles. The van der Waals surface area contributed by atoms with Crippen LogP contribution in [-0.2, 0) is 6.42 Å². The van der Waals surface area contributed by atoms with Gasteiger partial charge in [-0.15, -0.1) is 0 Å². The first-order valence-corrected chi connectivity index (χ1v) is 6.65. The second kappa shape index (κ2) is 4.99. The van der Waals surface area contributed by atoms with Gasteiger partial charge in [0, 0.05) is 21.5 Å². The Balaban J connectivity index is 2.61. The second-order valence-corrected chi connectivity index (χ2v) is 5.41. The van der Waals surface area contributed by atoms with Crippen molar-refractivity contribution < 1.29 is 0 Å². The van der Waals surface area contributed by atoms with Gasteiger partial charge in [0.1, 0.15) is 0 Å². The number of rotatable bonds is 2. The summed E-state index contributed by atoms with van der Waals surface area (Å²) < 4.78 is 3.30. The number of aromatic nitrogens is 1. The van der Waals surface area contributed by atoms with E-state index in [-0.39, 0.29) is 0 Å². The number of nitriles is 1. The minimum atomic E-state index is 0.468. The molecule has 3 heteroatoms. The zero-order valence-corrected chi connectivity index (χ0v) is 12.4. The van der Waals surface area contributed by atoms with Crippen molar-refractivity contribution in [2.45, 2.75) is 27.2 Å². The third kappa shape index (κ3) is 2.21. The van der Waals surface area contributed by atoms with Crippen LogP contribution in [0.1, 0.15) is 22.5 Å². The molecule has 0 aliphatic rings. The molecule has 1 aromatic carbocycles. The topological polar surface area (TPSA) is 28.7 Å². The smallest absolute Gasteiger partial charge is 0.0670 e. The van der Waals surface area contributed by atoms with Crippen LogP contribution in [0, 0.1) is 32.1 Å². The molecule has 18 heavy (non-hydrogen) atoms. The van der Waals surface area contributed by atoms with Gasteiger partial charge >= 0.3 is 0 Å². The number of hydrogen-bond donors (Lipinski definition) is 0. The third-order valence-electron chi connectivity index (χ3n) is 3.21. The number of hydrogen-bond acceptors (Lipinski definition) is 1. The largest absolute Gasteiger partial charge is 0.318 e. The van der Waals surface area contributed by atoms with Crippen LogP contribution in [-0.4, -0.2) is 4.57 Å². The predicted molar refractivity (Wildman–Crippen MR) is 77.0 cm³/mol. The highest BCUT2D eigenvalue weighted by atomic mass is 79.9. The van der Waals surface area contributed by atoms with Crippen molar-refractivity contribution in [1.82, 2.24) is 4.57 Å². The van der Waals surface area contributed by atoms with Gasteiger partial charge in [0.15, 0.2) is 0 Å². The fraction of sp³-hybridized carbons (Fsp3) is 0.267. The maximum atomic E-state index is 8.84. The van der Waals surface area contributed by atoms with Gasteiger partial charge < -0.3 is 4.57 Å². The monoisotopic (exact) mass is 302 g/mol. The Labute approximate surface area is 116 Å². The molecule has 0 unspecified atom stereocenters. The Hall–Kier alpha value is -1.53. The lowest BCUT2D eigenvalue weighted by atomic mass is 10.2. The van der Waals surface area contributed by atoms with E-state index in [1.807, 2.05) is 6.07 Å². The van der Waals surface area contributed by atoms with E-state index in [4.69, 9.17) is 5.26 Å². The van der Waals surface area contributed by atoms with Crippen LogP contribution in [0.2, 0.25) is 0 Å². The first-order valence-electron chi connectivity index (χ1n) is 5.86. The SMILES string of the molecule is Cc1cc(Br)ccc1-n1c(C)cc(CC#N)c1C. The van der Waals surface area contributed by atoms with E-state index in [1.54, 1.807) is 0 Å². The molecule has 0 aliphatic heterocycles. The normalized spacial score (nSPS) is 10.4. The van der Waals surface area contributed by atoms with E-state index in [1.165, 1.54) is 16.9 Å². The average Bonchev–Trinajstić information content (AvgIpc) is 2.56. The van der Waals surface area contributed by atoms with Crippen LogP contribution < -0.4 is 0 Å². The predicted octanol–water partition coefficient (Wildman–Crippen LogP) is 4.23. The lowest BCUT2D eigenvalue weighted by molar-refractivity contribution is 0.946. The van der Waals surface area contributed by atoms with E-state index in [0.29, 0.717) is 6.42 Å². The lowest BCUT2D eigenvalue weighted by Gasteiger charge is -2.13. The van der Waals surface area contributed by atoms with E-state index in [9.17, 15) is 0 Å². The molecular formula is C15H15BrN2. The summed E-state index contributed by atoms with van der Waals surface area (Å²) in [7, 11) is 0. The first-order chi connectivity index (χ1) is 8.54. The fourth-order valence-electron chi connectivity index (χ4n) is 2.33. The lowest BCUT2D eigenvalue weighted by Crippen LogP contribution is -2.01. The molecule has 0 bridgehead atoms. The summed E-state index contributed by atoms with van der Waals surface area (Å²) in [6.45, 7) is 6.25. The highest BCUT2D eigenvalue weighted by molar-refractivity contribution is 9.10. The van der Waals surface area contributed by atoms with Crippen molar-refractivity contribution in [1.29, 1.82) is 5.26 Å². The van der Waals surface area contributed by atoms with Crippen molar-refractivity contribution in [2.75, 3.05) is 0 Å². The van der Waals surface area contributed by atoms with Gasteiger partial charge in [0.05, 0.1) is 12.5 Å². The number of aryl methyl sites for hydroxylation is 2. The van der Waals surface area contributed by atoms with Crippen LogP contribution in [0.15, 0.2) is 28.7 Å².